The van der Waals surface area contributed by atoms with Crippen LogP contribution in [-0.2, 0) is 26.2 Å². The number of sulfonamides is 1. The molecule has 0 radical (unpaired) electrons. The molecule has 168 valence electrons. The number of hydrogen-bond acceptors (Lipinski definition) is 4. The fraction of sp³-hybridized carbons (Fsp3) is 0.333. The van der Waals surface area contributed by atoms with Gasteiger partial charge < -0.3 is 10.2 Å². The molecule has 2 aromatic rings. The standard InChI is InChI=1S/C21H25ClFN3O4S/c1-4-24-21(28)15(2)25(13-16-8-7-9-17(22)12-16)20(27)14-26(31(3,29)30)19-11-6-5-10-18(19)23/h5-12,15H,4,13-14H2,1-3H3,(H,24,28)/t15-/m1/s1. The first kappa shape index (κ1) is 24.6. The van der Waals surface area contributed by atoms with E-state index >= 15 is 0 Å². The van der Waals surface area contributed by atoms with Crippen molar-refractivity contribution in [1.82, 2.24) is 10.2 Å². The minimum absolute atomic E-state index is 0.0204. The van der Waals surface area contributed by atoms with Crippen molar-refractivity contribution in [2.75, 3.05) is 23.7 Å². The summed E-state index contributed by atoms with van der Waals surface area (Å²) in [5.41, 5.74) is 0.417. The number of para-hydroxylation sites is 1. The number of nitrogens with one attached hydrogen (secondary N) is 1. The first-order valence-electron chi connectivity index (χ1n) is 9.58. The lowest BCUT2D eigenvalue weighted by molar-refractivity contribution is -0.139. The van der Waals surface area contributed by atoms with Crippen LogP contribution >= 0.6 is 11.6 Å². The highest BCUT2D eigenvalue weighted by molar-refractivity contribution is 7.92. The Morgan fingerprint density at radius 2 is 1.84 bits per heavy atom. The number of anilines is 1. The molecule has 1 N–H and O–H groups in total. The van der Waals surface area contributed by atoms with Crippen LogP contribution in [0.4, 0.5) is 10.1 Å². The summed E-state index contributed by atoms with van der Waals surface area (Å²) in [4.78, 5) is 26.9. The van der Waals surface area contributed by atoms with E-state index in [0.29, 0.717) is 21.4 Å². The van der Waals surface area contributed by atoms with E-state index in [4.69, 9.17) is 11.6 Å². The molecule has 10 heteroatoms. The van der Waals surface area contributed by atoms with Crippen molar-refractivity contribution in [3.8, 4) is 0 Å². The van der Waals surface area contributed by atoms with Crippen LogP contribution in [0, 0.1) is 5.82 Å². The Kier molecular flexibility index (Phi) is 8.41. The predicted molar refractivity (Wildman–Crippen MR) is 119 cm³/mol. The fourth-order valence-electron chi connectivity index (χ4n) is 2.99. The first-order chi connectivity index (χ1) is 14.5. The smallest absolute Gasteiger partial charge is 0.244 e. The quantitative estimate of drug-likeness (QED) is 0.611. The monoisotopic (exact) mass is 469 g/mol. The van der Waals surface area contributed by atoms with Gasteiger partial charge in [-0.25, -0.2) is 12.8 Å². The zero-order valence-electron chi connectivity index (χ0n) is 17.5. The lowest BCUT2D eigenvalue weighted by Crippen LogP contribution is -2.51. The van der Waals surface area contributed by atoms with Gasteiger partial charge >= 0.3 is 0 Å². The highest BCUT2D eigenvalue weighted by Gasteiger charge is 2.30. The fourth-order valence-corrected chi connectivity index (χ4v) is 4.05. The van der Waals surface area contributed by atoms with Gasteiger partial charge in [0.25, 0.3) is 0 Å². The molecule has 0 bridgehead atoms. The van der Waals surface area contributed by atoms with Crippen molar-refractivity contribution in [3.05, 3.63) is 64.9 Å². The summed E-state index contributed by atoms with van der Waals surface area (Å²) in [5.74, 6) is -1.83. The van der Waals surface area contributed by atoms with Crippen LogP contribution in [0.15, 0.2) is 48.5 Å². The minimum Gasteiger partial charge on any atom is -0.355 e. The SMILES string of the molecule is CCNC(=O)[C@@H](C)N(Cc1cccc(Cl)c1)C(=O)CN(c1ccccc1F)S(C)(=O)=O. The number of carbonyl (C=O) groups excluding carboxylic acids is 2. The second-order valence-corrected chi connectivity index (χ2v) is 9.29. The van der Waals surface area contributed by atoms with E-state index < -0.39 is 40.2 Å². The number of benzene rings is 2. The van der Waals surface area contributed by atoms with Gasteiger partial charge in [-0.2, -0.15) is 0 Å². The molecule has 2 rings (SSSR count). The zero-order chi connectivity index (χ0) is 23.2. The van der Waals surface area contributed by atoms with E-state index in [-0.39, 0.29) is 12.2 Å². The Hall–Kier alpha value is -2.65. The maximum Gasteiger partial charge on any atom is 0.244 e. The molecular formula is C21H25ClFN3O4S. The molecule has 31 heavy (non-hydrogen) atoms. The zero-order valence-corrected chi connectivity index (χ0v) is 19.1. The van der Waals surface area contributed by atoms with Gasteiger partial charge in [0, 0.05) is 18.1 Å². The summed E-state index contributed by atoms with van der Waals surface area (Å²) in [5, 5.41) is 3.11. The van der Waals surface area contributed by atoms with E-state index in [0.717, 1.165) is 12.3 Å². The maximum atomic E-state index is 14.3. The molecular weight excluding hydrogens is 445 g/mol. The van der Waals surface area contributed by atoms with E-state index in [1.807, 2.05) is 0 Å². The Morgan fingerprint density at radius 3 is 2.42 bits per heavy atom. The highest BCUT2D eigenvalue weighted by atomic mass is 35.5. The summed E-state index contributed by atoms with van der Waals surface area (Å²) in [7, 11) is -3.98. The molecule has 0 spiro atoms. The second kappa shape index (κ2) is 10.6. The Morgan fingerprint density at radius 1 is 1.16 bits per heavy atom. The van der Waals surface area contributed by atoms with Crippen LogP contribution in [0.2, 0.25) is 5.02 Å². The van der Waals surface area contributed by atoms with E-state index in [1.165, 1.54) is 23.1 Å². The van der Waals surface area contributed by atoms with Gasteiger partial charge in [0.05, 0.1) is 11.9 Å². The highest BCUT2D eigenvalue weighted by Crippen LogP contribution is 2.22. The van der Waals surface area contributed by atoms with Gasteiger partial charge in [-0.05, 0) is 43.7 Å². The average molecular weight is 470 g/mol. The summed E-state index contributed by atoms with van der Waals surface area (Å²) in [6.07, 6.45) is 0.890. The molecule has 0 unspecified atom stereocenters. The molecule has 2 amide bonds. The van der Waals surface area contributed by atoms with E-state index in [1.54, 1.807) is 38.1 Å². The summed E-state index contributed by atoms with van der Waals surface area (Å²) in [6.45, 7) is 3.02. The number of carbonyl (C=O) groups is 2. The largest absolute Gasteiger partial charge is 0.355 e. The molecule has 0 aliphatic carbocycles. The Bertz CT molecular complexity index is 1050. The van der Waals surface area contributed by atoms with Crippen molar-refractivity contribution in [3.63, 3.8) is 0 Å². The topological polar surface area (TPSA) is 86.8 Å². The van der Waals surface area contributed by atoms with Gasteiger partial charge in [-0.15, -0.1) is 0 Å². The number of amides is 2. The summed E-state index contributed by atoms with van der Waals surface area (Å²) >= 11 is 6.03. The Balaban J connectivity index is 2.40. The molecule has 7 nitrogen and oxygen atoms in total. The van der Waals surface area contributed by atoms with Crippen molar-refractivity contribution >= 4 is 39.1 Å². The first-order valence-corrected chi connectivity index (χ1v) is 11.8. The molecule has 0 aromatic heterocycles. The van der Waals surface area contributed by atoms with Crippen molar-refractivity contribution in [1.29, 1.82) is 0 Å². The molecule has 0 saturated heterocycles. The Labute approximate surface area is 186 Å². The normalized spacial score (nSPS) is 12.2. The minimum atomic E-state index is -3.98. The molecule has 0 fully saturated rings. The van der Waals surface area contributed by atoms with Gasteiger partial charge in [0.1, 0.15) is 18.4 Å². The number of rotatable bonds is 9. The van der Waals surface area contributed by atoms with Crippen molar-refractivity contribution in [2.45, 2.75) is 26.4 Å². The second-order valence-electron chi connectivity index (χ2n) is 6.94. The van der Waals surface area contributed by atoms with E-state index in [9.17, 15) is 22.4 Å². The van der Waals surface area contributed by atoms with Gasteiger partial charge in [0.15, 0.2) is 0 Å². The third-order valence-electron chi connectivity index (χ3n) is 4.56. The van der Waals surface area contributed by atoms with E-state index in [2.05, 4.69) is 5.32 Å². The summed E-state index contributed by atoms with van der Waals surface area (Å²) in [6, 6.07) is 11.2. The molecule has 0 saturated carbocycles. The molecule has 0 aliphatic rings. The lowest BCUT2D eigenvalue weighted by Gasteiger charge is -2.31. The molecule has 0 heterocycles. The van der Waals surface area contributed by atoms with Gasteiger partial charge in [0.2, 0.25) is 21.8 Å². The van der Waals surface area contributed by atoms with Crippen LogP contribution < -0.4 is 9.62 Å². The predicted octanol–water partition coefficient (Wildman–Crippen LogP) is 2.80. The van der Waals surface area contributed by atoms with Gasteiger partial charge in [-0.1, -0.05) is 35.9 Å². The average Bonchev–Trinajstić information content (AvgIpc) is 2.69. The molecule has 1 atom stereocenters. The van der Waals surface area contributed by atoms with Crippen LogP contribution in [0.25, 0.3) is 0 Å². The molecule has 2 aromatic carbocycles. The van der Waals surface area contributed by atoms with Crippen LogP contribution in [0.1, 0.15) is 19.4 Å². The van der Waals surface area contributed by atoms with Gasteiger partial charge in [-0.3, -0.25) is 13.9 Å². The van der Waals surface area contributed by atoms with Crippen molar-refractivity contribution < 1.29 is 22.4 Å². The van der Waals surface area contributed by atoms with Crippen LogP contribution in [-0.4, -0.2) is 50.5 Å². The number of halogens is 2. The maximum absolute atomic E-state index is 14.3. The number of nitrogens with zero attached hydrogens (tertiary/aromatic N) is 2. The third kappa shape index (κ3) is 6.67. The lowest BCUT2D eigenvalue weighted by atomic mass is 10.1. The van der Waals surface area contributed by atoms with Crippen molar-refractivity contribution in [2.24, 2.45) is 0 Å². The van der Waals surface area contributed by atoms with Crippen LogP contribution in [0.3, 0.4) is 0 Å². The van der Waals surface area contributed by atoms with Crippen LogP contribution in [0.5, 0.6) is 0 Å². The molecule has 0 aliphatic heterocycles. The third-order valence-corrected chi connectivity index (χ3v) is 5.92. The summed E-state index contributed by atoms with van der Waals surface area (Å²) < 4.78 is 39.7. The number of hydrogen-bond donors (Lipinski definition) is 1. The number of likely N-dealkylation sites (N-methyl/N-ethyl adjacent to an activating group) is 1.